The molecular formula is C21H25ClN4O. The number of carbonyl (C=O) groups is 1. The highest BCUT2D eigenvalue weighted by molar-refractivity contribution is 6.31. The maximum atomic E-state index is 12.2. The molecule has 0 unspecified atom stereocenters. The van der Waals surface area contributed by atoms with Crippen LogP contribution >= 0.6 is 11.6 Å². The predicted molar refractivity (Wildman–Crippen MR) is 111 cm³/mol. The Bertz CT molecular complexity index is 949. The van der Waals surface area contributed by atoms with Crippen LogP contribution in [0.4, 0.5) is 10.5 Å². The van der Waals surface area contributed by atoms with E-state index < -0.39 is 0 Å². The van der Waals surface area contributed by atoms with E-state index >= 15 is 0 Å². The zero-order valence-corrected chi connectivity index (χ0v) is 16.7. The van der Waals surface area contributed by atoms with E-state index in [2.05, 4.69) is 46.3 Å². The molecule has 3 aromatic rings. The lowest BCUT2D eigenvalue weighted by Gasteiger charge is -2.10. The Kier molecular flexibility index (Phi) is 6.01. The summed E-state index contributed by atoms with van der Waals surface area (Å²) < 4.78 is 2.20. The van der Waals surface area contributed by atoms with Crippen LogP contribution in [0.2, 0.25) is 5.02 Å². The van der Waals surface area contributed by atoms with Gasteiger partial charge in [0.2, 0.25) is 0 Å². The third kappa shape index (κ3) is 4.61. The van der Waals surface area contributed by atoms with Crippen LogP contribution in [0.5, 0.6) is 0 Å². The van der Waals surface area contributed by atoms with Gasteiger partial charge in [-0.1, -0.05) is 31.5 Å². The number of benzene rings is 1. The van der Waals surface area contributed by atoms with Crippen molar-refractivity contribution >= 4 is 34.4 Å². The van der Waals surface area contributed by atoms with Crippen molar-refractivity contribution in [3.05, 3.63) is 58.9 Å². The van der Waals surface area contributed by atoms with E-state index in [0.717, 1.165) is 35.2 Å². The zero-order valence-electron chi connectivity index (χ0n) is 15.9. The lowest BCUT2D eigenvalue weighted by Crippen LogP contribution is -2.30. The molecule has 3 rings (SSSR count). The van der Waals surface area contributed by atoms with Crippen LogP contribution in [0.3, 0.4) is 0 Å². The molecule has 0 fully saturated rings. The van der Waals surface area contributed by atoms with Gasteiger partial charge in [0, 0.05) is 41.6 Å². The average Bonchev–Trinajstić information content (AvgIpc) is 2.96. The first-order valence-corrected chi connectivity index (χ1v) is 9.56. The smallest absolute Gasteiger partial charge is 0.319 e. The van der Waals surface area contributed by atoms with Gasteiger partial charge < -0.3 is 15.2 Å². The van der Waals surface area contributed by atoms with Gasteiger partial charge >= 0.3 is 6.03 Å². The van der Waals surface area contributed by atoms with Crippen molar-refractivity contribution in [3.8, 4) is 0 Å². The fourth-order valence-corrected chi connectivity index (χ4v) is 3.32. The molecule has 0 radical (unpaired) electrons. The van der Waals surface area contributed by atoms with Crippen LogP contribution in [0, 0.1) is 12.8 Å². The summed E-state index contributed by atoms with van der Waals surface area (Å²) in [5, 5.41) is 7.55. The molecule has 2 heterocycles. The molecule has 0 atom stereocenters. The molecule has 0 saturated carbocycles. The predicted octanol–water partition coefficient (Wildman–Crippen LogP) is 5.02. The fraction of sp³-hybridized carbons (Fsp3) is 0.333. The van der Waals surface area contributed by atoms with E-state index in [1.165, 1.54) is 5.56 Å². The standard InChI is InChI=1S/C21H25ClN4O/c1-14(2)12-26-13-16(17-6-5-10-23-20(17)26)9-11-24-21(27)25-19-8-4-7-18(22)15(19)3/h4-8,10,13-14H,9,11-12H2,1-3H3,(H2,24,25,27). The molecule has 6 heteroatoms. The molecule has 0 aliphatic carbocycles. The summed E-state index contributed by atoms with van der Waals surface area (Å²) in [6.07, 6.45) is 4.72. The van der Waals surface area contributed by atoms with Crippen molar-refractivity contribution in [3.63, 3.8) is 0 Å². The molecule has 0 saturated heterocycles. The Morgan fingerprint density at radius 3 is 2.85 bits per heavy atom. The molecule has 27 heavy (non-hydrogen) atoms. The molecule has 2 amide bonds. The van der Waals surface area contributed by atoms with Crippen molar-refractivity contribution in [2.24, 2.45) is 5.92 Å². The highest BCUT2D eigenvalue weighted by Crippen LogP contribution is 2.23. The molecule has 1 aromatic carbocycles. The van der Waals surface area contributed by atoms with Crippen LogP contribution in [-0.2, 0) is 13.0 Å². The van der Waals surface area contributed by atoms with Gasteiger partial charge in [-0.25, -0.2) is 9.78 Å². The van der Waals surface area contributed by atoms with Gasteiger partial charge in [0.05, 0.1) is 0 Å². The zero-order chi connectivity index (χ0) is 19.4. The summed E-state index contributed by atoms with van der Waals surface area (Å²) in [5.41, 5.74) is 3.77. The second kappa shape index (κ2) is 8.44. The Hall–Kier alpha value is -2.53. The Balaban J connectivity index is 1.63. The molecule has 2 N–H and O–H groups in total. The minimum Gasteiger partial charge on any atom is -0.338 e. The van der Waals surface area contributed by atoms with Crippen LogP contribution in [0.15, 0.2) is 42.7 Å². The fourth-order valence-electron chi connectivity index (χ4n) is 3.15. The number of nitrogens with zero attached hydrogens (tertiary/aromatic N) is 2. The minimum atomic E-state index is -0.232. The topological polar surface area (TPSA) is 59.0 Å². The van der Waals surface area contributed by atoms with Gasteiger partial charge in [0.25, 0.3) is 0 Å². The lowest BCUT2D eigenvalue weighted by molar-refractivity contribution is 0.252. The monoisotopic (exact) mass is 384 g/mol. The van der Waals surface area contributed by atoms with Crippen molar-refractivity contribution < 1.29 is 4.79 Å². The number of anilines is 1. The number of rotatable bonds is 6. The highest BCUT2D eigenvalue weighted by atomic mass is 35.5. The van der Waals surface area contributed by atoms with Crippen LogP contribution < -0.4 is 10.6 Å². The van der Waals surface area contributed by atoms with Crippen LogP contribution in [0.25, 0.3) is 11.0 Å². The molecular weight excluding hydrogens is 360 g/mol. The molecule has 5 nitrogen and oxygen atoms in total. The first-order chi connectivity index (χ1) is 13.0. The lowest BCUT2D eigenvalue weighted by atomic mass is 10.1. The maximum Gasteiger partial charge on any atom is 0.319 e. The van der Waals surface area contributed by atoms with E-state index in [0.29, 0.717) is 17.5 Å². The summed E-state index contributed by atoms with van der Waals surface area (Å²) in [4.78, 5) is 16.7. The minimum absolute atomic E-state index is 0.232. The number of halogens is 1. The molecule has 0 aliphatic heterocycles. The average molecular weight is 385 g/mol. The SMILES string of the molecule is Cc1c(Cl)cccc1NC(=O)NCCc1cn(CC(C)C)c2ncccc12. The van der Waals surface area contributed by atoms with E-state index in [1.807, 2.05) is 31.3 Å². The number of carbonyl (C=O) groups excluding carboxylic acids is 1. The summed E-state index contributed by atoms with van der Waals surface area (Å²) in [5.74, 6) is 0.542. The van der Waals surface area contributed by atoms with E-state index in [-0.39, 0.29) is 6.03 Å². The third-order valence-corrected chi connectivity index (χ3v) is 4.88. The number of amides is 2. The number of hydrogen-bond donors (Lipinski definition) is 2. The second-order valence-corrected chi connectivity index (χ2v) is 7.53. The first-order valence-electron chi connectivity index (χ1n) is 9.18. The van der Waals surface area contributed by atoms with Gasteiger partial charge in [0.15, 0.2) is 0 Å². The van der Waals surface area contributed by atoms with E-state index in [1.54, 1.807) is 6.07 Å². The van der Waals surface area contributed by atoms with E-state index in [4.69, 9.17) is 11.6 Å². The van der Waals surface area contributed by atoms with Crippen molar-refractivity contribution in [1.82, 2.24) is 14.9 Å². The molecule has 0 spiro atoms. The molecule has 0 bridgehead atoms. The third-order valence-electron chi connectivity index (χ3n) is 4.47. The summed E-state index contributed by atoms with van der Waals surface area (Å²) >= 11 is 6.10. The van der Waals surface area contributed by atoms with Gasteiger partial charge in [0.1, 0.15) is 5.65 Å². The summed E-state index contributed by atoms with van der Waals surface area (Å²) in [7, 11) is 0. The number of nitrogens with one attached hydrogen (secondary N) is 2. The number of urea groups is 1. The largest absolute Gasteiger partial charge is 0.338 e. The van der Waals surface area contributed by atoms with Crippen LogP contribution in [-0.4, -0.2) is 22.1 Å². The highest BCUT2D eigenvalue weighted by Gasteiger charge is 2.11. The van der Waals surface area contributed by atoms with Gasteiger partial charge in [-0.3, -0.25) is 0 Å². The molecule has 2 aromatic heterocycles. The Labute approximate surface area is 164 Å². The van der Waals surface area contributed by atoms with Crippen molar-refractivity contribution in [1.29, 1.82) is 0 Å². The maximum absolute atomic E-state index is 12.2. The second-order valence-electron chi connectivity index (χ2n) is 7.12. The van der Waals surface area contributed by atoms with Gasteiger partial charge in [-0.2, -0.15) is 0 Å². The summed E-state index contributed by atoms with van der Waals surface area (Å²) in [6.45, 7) is 7.74. The quantitative estimate of drug-likeness (QED) is 0.627. The number of aromatic nitrogens is 2. The Morgan fingerprint density at radius 2 is 2.07 bits per heavy atom. The number of fused-ring (bicyclic) bond motifs is 1. The number of hydrogen-bond acceptors (Lipinski definition) is 2. The normalized spacial score (nSPS) is 11.1. The van der Waals surface area contributed by atoms with Crippen molar-refractivity contribution in [2.45, 2.75) is 33.7 Å². The van der Waals surface area contributed by atoms with Crippen molar-refractivity contribution in [2.75, 3.05) is 11.9 Å². The van der Waals surface area contributed by atoms with Gasteiger partial charge in [-0.05, 0) is 54.7 Å². The van der Waals surface area contributed by atoms with Gasteiger partial charge in [-0.15, -0.1) is 0 Å². The van der Waals surface area contributed by atoms with E-state index in [9.17, 15) is 4.79 Å². The van der Waals surface area contributed by atoms with Crippen LogP contribution in [0.1, 0.15) is 25.0 Å². The molecule has 142 valence electrons. The molecule has 0 aliphatic rings. The number of pyridine rings is 1. The first kappa shape index (κ1) is 19.2. The summed E-state index contributed by atoms with van der Waals surface area (Å²) in [6, 6.07) is 9.27. The Morgan fingerprint density at radius 1 is 1.26 bits per heavy atom.